The topological polar surface area (TPSA) is 55.1 Å². The SMILES string of the molecule is NCC1C(=O)Nc2cc(Cl)ccc21. The first-order chi connectivity index (χ1) is 6.22. The van der Waals surface area contributed by atoms with Gasteiger partial charge in [0.25, 0.3) is 0 Å². The number of nitrogens with one attached hydrogen (secondary N) is 1. The number of amides is 1. The zero-order valence-corrected chi connectivity index (χ0v) is 7.64. The summed E-state index contributed by atoms with van der Waals surface area (Å²) in [5.41, 5.74) is 7.21. The Labute approximate surface area is 80.9 Å². The normalized spacial score (nSPS) is 19.8. The molecule has 0 saturated heterocycles. The summed E-state index contributed by atoms with van der Waals surface area (Å²) >= 11 is 5.78. The van der Waals surface area contributed by atoms with Crippen LogP contribution in [0.15, 0.2) is 18.2 Å². The van der Waals surface area contributed by atoms with Crippen LogP contribution in [-0.2, 0) is 4.79 Å². The van der Waals surface area contributed by atoms with Gasteiger partial charge in [0.1, 0.15) is 0 Å². The van der Waals surface area contributed by atoms with Gasteiger partial charge in [-0.15, -0.1) is 0 Å². The van der Waals surface area contributed by atoms with Crippen molar-refractivity contribution in [2.45, 2.75) is 5.92 Å². The minimum Gasteiger partial charge on any atom is -0.329 e. The number of carbonyl (C=O) groups excluding carboxylic acids is 1. The quantitative estimate of drug-likeness (QED) is 0.712. The zero-order chi connectivity index (χ0) is 9.42. The molecule has 0 aromatic heterocycles. The summed E-state index contributed by atoms with van der Waals surface area (Å²) in [4.78, 5) is 11.3. The maximum Gasteiger partial charge on any atom is 0.233 e. The summed E-state index contributed by atoms with van der Waals surface area (Å²) < 4.78 is 0. The average Bonchev–Trinajstić information content (AvgIpc) is 2.39. The molecule has 2 rings (SSSR count). The van der Waals surface area contributed by atoms with E-state index in [-0.39, 0.29) is 11.8 Å². The van der Waals surface area contributed by atoms with Crippen molar-refractivity contribution < 1.29 is 4.79 Å². The Hall–Kier alpha value is -1.06. The first kappa shape index (κ1) is 8.53. The standard InChI is InChI=1S/C9H9ClN2O/c10-5-1-2-6-7(4-11)9(13)12-8(6)3-5/h1-3,7H,4,11H2,(H,12,13). The van der Waals surface area contributed by atoms with Gasteiger partial charge in [0.2, 0.25) is 5.91 Å². The molecule has 0 spiro atoms. The van der Waals surface area contributed by atoms with Crippen molar-refractivity contribution in [3.8, 4) is 0 Å². The number of carbonyl (C=O) groups is 1. The lowest BCUT2D eigenvalue weighted by Gasteiger charge is -2.03. The summed E-state index contributed by atoms with van der Waals surface area (Å²) in [6, 6.07) is 5.35. The van der Waals surface area contributed by atoms with Crippen LogP contribution in [0.1, 0.15) is 11.5 Å². The number of hydrogen-bond acceptors (Lipinski definition) is 2. The Kier molecular flexibility index (Phi) is 1.98. The summed E-state index contributed by atoms with van der Waals surface area (Å²) in [5.74, 6) is -0.257. The molecule has 0 saturated carbocycles. The number of fused-ring (bicyclic) bond motifs is 1. The van der Waals surface area contributed by atoms with Gasteiger partial charge in [-0.25, -0.2) is 0 Å². The van der Waals surface area contributed by atoms with E-state index in [9.17, 15) is 4.79 Å². The highest BCUT2D eigenvalue weighted by Crippen LogP contribution is 2.33. The highest BCUT2D eigenvalue weighted by Gasteiger charge is 2.28. The van der Waals surface area contributed by atoms with E-state index in [4.69, 9.17) is 17.3 Å². The largest absolute Gasteiger partial charge is 0.329 e. The second-order valence-corrected chi connectivity index (χ2v) is 3.45. The van der Waals surface area contributed by atoms with E-state index in [1.807, 2.05) is 6.07 Å². The number of benzene rings is 1. The van der Waals surface area contributed by atoms with Crippen LogP contribution < -0.4 is 11.1 Å². The lowest BCUT2D eigenvalue weighted by Crippen LogP contribution is -2.20. The van der Waals surface area contributed by atoms with Crippen LogP contribution in [0.25, 0.3) is 0 Å². The van der Waals surface area contributed by atoms with Crippen LogP contribution >= 0.6 is 11.6 Å². The Morgan fingerprint density at radius 3 is 3.00 bits per heavy atom. The molecule has 1 atom stereocenters. The van der Waals surface area contributed by atoms with Gasteiger partial charge in [0.15, 0.2) is 0 Å². The van der Waals surface area contributed by atoms with Gasteiger partial charge in [-0.3, -0.25) is 4.79 Å². The van der Waals surface area contributed by atoms with Gasteiger partial charge in [-0.05, 0) is 17.7 Å². The van der Waals surface area contributed by atoms with E-state index < -0.39 is 0 Å². The monoisotopic (exact) mass is 196 g/mol. The zero-order valence-electron chi connectivity index (χ0n) is 6.88. The van der Waals surface area contributed by atoms with E-state index in [1.165, 1.54) is 0 Å². The fraction of sp³-hybridized carbons (Fsp3) is 0.222. The third kappa shape index (κ3) is 1.30. The fourth-order valence-electron chi connectivity index (χ4n) is 1.54. The third-order valence-corrected chi connectivity index (χ3v) is 2.44. The number of nitrogens with two attached hydrogens (primary N) is 1. The molecule has 1 unspecified atom stereocenters. The van der Waals surface area contributed by atoms with Crippen LogP contribution in [0.3, 0.4) is 0 Å². The maximum absolute atomic E-state index is 11.3. The minimum absolute atomic E-state index is 0.0419. The Bertz CT molecular complexity index is 365. The molecule has 68 valence electrons. The van der Waals surface area contributed by atoms with Crippen molar-refractivity contribution >= 4 is 23.2 Å². The molecule has 0 radical (unpaired) electrons. The van der Waals surface area contributed by atoms with Gasteiger partial charge in [0, 0.05) is 17.3 Å². The molecule has 3 N–H and O–H groups in total. The van der Waals surface area contributed by atoms with Gasteiger partial charge in [-0.1, -0.05) is 17.7 Å². The third-order valence-electron chi connectivity index (χ3n) is 2.20. The van der Waals surface area contributed by atoms with Gasteiger partial charge < -0.3 is 11.1 Å². The summed E-state index contributed by atoms with van der Waals surface area (Å²) in [6.45, 7) is 0.334. The molecule has 1 aliphatic rings. The van der Waals surface area contributed by atoms with Gasteiger partial charge >= 0.3 is 0 Å². The highest BCUT2D eigenvalue weighted by atomic mass is 35.5. The molecular formula is C9H9ClN2O. The fourth-order valence-corrected chi connectivity index (χ4v) is 1.71. The molecule has 0 bridgehead atoms. The van der Waals surface area contributed by atoms with Gasteiger partial charge in [0.05, 0.1) is 5.92 Å². The van der Waals surface area contributed by atoms with E-state index in [0.717, 1.165) is 11.3 Å². The van der Waals surface area contributed by atoms with E-state index >= 15 is 0 Å². The second kappa shape index (κ2) is 3.01. The van der Waals surface area contributed by atoms with Crippen LogP contribution in [0.5, 0.6) is 0 Å². The first-order valence-electron chi connectivity index (χ1n) is 4.02. The van der Waals surface area contributed by atoms with Crippen molar-refractivity contribution in [2.24, 2.45) is 5.73 Å². The Morgan fingerprint density at radius 2 is 2.31 bits per heavy atom. The summed E-state index contributed by atoms with van der Waals surface area (Å²) in [7, 11) is 0. The van der Waals surface area contributed by atoms with E-state index in [0.29, 0.717) is 11.6 Å². The Balaban J connectivity index is 2.48. The minimum atomic E-state index is -0.215. The predicted molar refractivity (Wildman–Crippen MR) is 51.9 cm³/mol. The maximum atomic E-state index is 11.3. The summed E-state index contributed by atoms with van der Waals surface area (Å²) in [6.07, 6.45) is 0. The molecule has 1 aliphatic heterocycles. The van der Waals surface area contributed by atoms with Crippen molar-refractivity contribution in [1.29, 1.82) is 0 Å². The molecule has 3 nitrogen and oxygen atoms in total. The second-order valence-electron chi connectivity index (χ2n) is 3.01. The molecule has 0 fully saturated rings. The molecule has 1 amide bonds. The molecule has 1 aromatic carbocycles. The summed E-state index contributed by atoms with van der Waals surface area (Å²) in [5, 5.41) is 3.36. The smallest absolute Gasteiger partial charge is 0.233 e. The molecule has 0 aliphatic carbocycles. The lowest BCUT2D eigenvalue weighted by atomic mass is 10.0. The molecule has 13 heavy (non-hydrogen) atoms. The number of halogens is 1. The van der Waals surface area contributed by atoms with E-state index in [2.05, 4.69) is 5.32 Å². The number of anilines is 1. The van der Waals surface area contributed by atoms with Crippen molar-refractivity contribution in [3.05, 3.63) is 28.8 Å². The van der Waals surface area contributed by atoms with Crippen LogP contribution in [-0.4, -0.2) is 12.5 Å². The van der Waals surface area contributed by atoms with Crippen LogP contribution in [0.4, 0.5) is 5.69 Å². The molecule has 1 heterocycles. The number of rotatable bonds is 1. The Morgan fingerprint density at radius 1 is 1.54 bits per heavy atom. The van der Waals surface area contributed by atoms with E-state index in [1.54, 1.807) is 12.1 Å². The highest BCUT2D eigenvalue weighted by molar-refractivity contribution is 6.31. The van der Waals surface area contributed by atoms with Crippen molar-refractivity contribution in [1.82, 2.24) is 0 Å². The molecule has 1 aromatic rings. The van der Waals surface area contributed by atoms with Crippen molar-refractivity contribution in [2.75, 3.05) is 11.9 Å². The molecular weight excluding hydrogens is 188 g/mol. The van der Waals surface area contributed by atoms with Crippen molar-refractivity contribution in [3.63, 3.8) is 0 Å². The first-order valence-corrected chi connectivity index (χ1v) is 4.40. The predicted octanol–water partition coefficient (Wildman–Crippen LogP) is 1.33. The van der Waals surface area contributed by atoms with Gasteiger partial charge in [-0.2, -0.15) is 0 Å². The van der Waals surface area contributed by atoms with Crippen LogP contribution in [0.2, 0.25) is 5.02 Å². The average molecular weight is 197 g/mol. The number of hydrogen-bond donors (Lipinski definition) is 2. The molecule has 4 heteroatoms. The van der Waals surface area contributed by atoms with Crippen LogP contribution in [0, 0.1) is 0 Å². The lowest BCUT2D eigenvalue weighted by molar-refractivity contribution is -0.116.